The molecule has 0 aliphatic carbocycles. The average Bonchev–Trinajstić information content (AvgIpc) is 2.89. The highest BCUT2D eigenvalue weighted by Crippen LogP contribution is 2.32. The van der Waals surface area contributed by atoms with Crippen LogP contribution in [0.1, 0.15) is 11.1 Å². The summed E-state index contributed by atoms with van der Waals surface area (Å²) in [7, 11) is 1.57. The van der Waals surface area contributed by atoms with Gasteiger partial charge in [0.1, 0.15) is 12.4 Å². The third-order valence-corrected chi connectivity index (χ3v) is 6.03. The average molecular weight is 550 g/mol. The van der Waals surface area contributed by atoms with Crippen LogP contribution in [0.2, 0.25) is 5.02 Å². The van der Waals surface area contributed by atoms with Gasteiger partial charge in [-0.3, -0.25) is 0 Å². The molecule has 176 valence electrons. The minimum atomic E-state index is -0.486. The second-order valence-corrected chi connectivity index (χ2v) is 8.88. The summed E-state index contributed by atoms with van der Waals surface area (Å²) in [5.74, 6) is 1.13. The first kappa shape index (κ1) is 24.6. The Hall–Kier alpha value is -3.54. The maximum absolute atomic E-state index is 12.4. The van der Waals surface area contributed by atoms with Crippen LogP contribution in [-0.4, -0.2) is 13.1 Å². The molecule has 0 saturated heterocycles. The van der Waals surface area contributed by atoms with Crippen molar-refractivity contribution < 1.29 is 19.0 Å². The third-order valence-electron chi connectivity index (χ3n) is 5.16. The van der Waals surface area contributed by atoms with Gasteiger partial charge in [0.2, 0.25) is 0 Å². The molecule has 0 N–H and O–H groups in total. The second-order valence-electron chi connectivity index (χ2n) is 7.59. The van der Waals surface area contributed by atoms with Gasteiger partial charge in [0.25, 0.3) is 0 Å². The number of halogens is 2. The predicted octanol–water partition coefficient (Wildman–Crippen LogP) is 7.98. The van der Waals surface area contributed by atoms with Gasteiger partial charge in [-0.2, -0.15) is 0 Å². The molecule has 0 aliphatic heterocycles. The Morgan fingerprint density at radius 3 is 2.31 bits per heavy atom. The molecule has 0 amide bonds. The lowest BCUT2D eigenvalue weighted by molar-refractivity contribution is -0.128. The summed E-state index contributed by atoms with van der Waals surface area (Å²) in [5, 5.41) is 0.678. The molecule has 0 aromatic heterocycles. The van der Waals surface area contributed by atoms with Gasteiger partial charge in [0.15, 0.2) is 11.5 Å². The predicted molar refractivity (Wildman–Crippen MR) is 143 cm³/mol. The molecule has 0 radical (unpaired) electrons. The topological polar surface area (TPSA) is 44.8 Å². The number of carbonyl (C=O) groups is 1. The van der Waals surface area contributed by atoms with Gasteiger partial charge in [0.05, 0.1) is 11.6 Å². The van der Waals surface area contributed by atoms with Crippen LogP contribution in [0.15, 0.2) is 102 Å². The molecular weight excluding hydrogens is 528 g/mol. The minimum Gasteiger partial charge on any atom is -0.493 e. The number of methoxy groups -OCH3 is 1. The molecule has 4 rings (SSSR count). The molecule has 0 fully saturated rings. The van der Waals surface area contributed by atoms with Crippen LogP contribution in [0.3, 0.4) is 0 Å². The number of benzene rings is 4. The van der Waals surface area contributed by atoms with Gasteiger partial charge in [-0.05, 0) is 80.7 Å². The molecular formula is C29H22BrClO4. The maximum atomic E-state index is 12.4. The van der Waals surface area contributed by atoms with Crippen molar-refractivity contribution in [1.29, 1.82) is 0 Å². The lowest BCUT2D eigenvalue weighted by Gasteiger charge is -2.11. The Morgan fingerprint density at radius 2 is 1.60 bits per heavy atom. The van der Waals surface area contributed by atoms with Crippen LogP contribution in [0.5, 0.6) is 17.2 Å². The van der Waals surface area contributed by atoms with E-state index in [1.54, 1.807) is 31.4 Å². The Balaban J connectivity index is 1.39. The normalized spacial score (nSPS) is 10.8. The fraction of sp³-hybridized carbons (Fsp3) is 0.0690. The van der Waals surface area contributed by atoms with Crippen LogP contribution in [0.4, 0.5) is 0 Å². The molecule has 0 unspecified atom stereocenters. The first-order valence-corrected chi connectivity index (χ1v) is 12.0. The van der Waals surface area contributed by atoms with E-state index in [1.165, 1.54) is 6.08 Å². The van der Waals surface area contributed by atoms with E-state index < -0.39 is 5.97 Å². The molecule has 4 aromatic rings. The Labute approximate surface area is 217 Å². The van der Waals surface area contributed by atoms with Crippen molar-refractivity contribution in [2.45, 2.75) is 6.61 Å². The molecule has 4 nitrogen and oxygen atoms in total. The van der Waals surface area contributed by atoms with Gasteiger partial charge >= 0.3 is 5.97 Å². The van der Waals surface area contributed by atoms with Gasteiger partial charge < -0.3 is 14.2 Å². The quantitative estimate of drug-likeness (QED) is 0.127. The van der Waals surface area contributed by atoms with Crippen molar-refractivity contribution in [3.05, 3.63) is 118 Å². The minimum absolute atomic E-state index is 0.382. The Bertz CT molecular complexity index is 1330. The summed E-state index contributed by atoms with van der Waals surface area (Å²) in [4.78, 5) is 12.4. The zero-order valence-electron chi connectivity index (χ0n) is 18.9. The van der Waals surface area contributed by atoms with Crippen LogP contribution >= 0.6 is 27.5 Å². The van der Waals surface area contributed by atoms with Gasteiger partial charge in [-0.1, -0.05) is 66.2 Å². The van der Waals surface area contributed by atoms with E-state index in [1.807, 2.05) is 72.8 Å². The summed E-state index contributed by atoms with van der Waals surface area (Å²) < 4.78 is 17.5. The van der Waals surface area contributed by atoms with Crippen molar-refractivity contribution >= 4 is 39.6 Å². The smallest absolute Gasteiger partial charge is 0.336 e. The molecule has 0 spiro atoms. The van der Waals surface area contributed by atoms with E-state index in [9.17, 15) is 4.79 Å². The first-order valence-electron chi connectivity index (χ1n) is 10.8. The van der Waals surface area contributed by atoms with Crippen LogP contribution in [-0.2, 0) is 11.4 Å². The molecule has 6 heteroatoms. The van der Waals surface area contributed by atoms with Crippen molar-refractivity contribution in [2.75, 3.05) is 7.11 Å². The standard InChI is InChI=1S/C29H22BrClO4/c1-33-28-17-20(9-14-27(28)34-19-21-7-12-24(31)13-8-21)10-16-29(32)35-26-15-11-23(18-25(26)30)22-5-3-2-4-6-22/h2-18H,19H2,1H3/b16-10+. The second kappa shape index (κ2) is 11.7. The zero-order valence-corrected chi connectivity index (χ0v) is 21.3. The number of carbonyl (C=O) groups excluding carboxylic acids is 1. The molecule has 0 atom stereocenters. The summed E-state index contributed by atoms with van der Waals surface area (Å²) in [5.41, 5.74) is 3.88. The van der Waals surface area contributed by atoms with Crippen LogP contribution in [0.25, 0.3) is 17.2 Å². The highest BCUT2D eigenvalue weighted by atomic mass is 79.9. The SMILES string of the molecule is COc1cc(/C=C/C(=O)Oc2ccc(-c3ccccc3)cc2Br)ccc1OCc1ccc(Cl)cc1. The summed E-state index contributed by atoms with van der Waals surface area (Å²) in [6.07, 6.45) is 3.04. The lowest BCUT2D eigenvalue weighted by atomic mass is 10.1. The molecule has 0 aliphatic rings. The van der Waals surface area contributed by atoms with Crippen LogP contribution in [0, 0.1) is 0 Å². The van der Waals surface area contributed by atoms with E-state index in [0.717, 1.165) is 22.3 Å². The van der Waals surface area contributed by atoms with Crippen molar-refractivity contribution in [1.82, 2.24) is 0 Å². The number of rotatable bonds is 8. The highest BCUT2D eigenvalue weighted by Gasteiger charge is 2.09. The van der Waals surface area contributed by atoms with E-state index in [2.05, 4.69) is 15.9 Å². The van der Waals surface area contributed by atoms with Crippen LogP contribution < -0.4 is 14.2 Å². The first-order chi connectivity index (χ1) is 17.0. The monoisotopic (exact) mass is 548 g/mol. The molecule has 35 heavy (non-hydrogen) atoms. The van der Waals surface area contributed by atoms with Gasteiger partial charge in [-0.25, -0.2) is 4.79 Å². The van der Waals surface area contributed by atoms with E-state index in [-0.39, 0.29) is 0 Å². The number of ether oxygens (including phenoxy) is 3. The summed E-state index contributed by atoms with van der Waals surface area (Å²) in [6.45, 7) is 0.382. The van der Waals surface area contributed by atoms with E-state index in [4.69, 9.17) is 25.8 Å². The molecule has 0 saturated carbocycles. The Kier molecular flexibility index (Phi) is 8.24. The van der Waals surface area contributed by atoms with Gasteiger partial charge in [-0.15, -0.1) is 0 Å². The number of esters is 1. The largest absolute Gasteiger partial charge is 0.493 e. The Morgan fingerprint density at radius 1 is 0.857 bits per heavy atom. The van der Waals surface area contributed by atoms with Crippen molar-refractivity contribution in [3.63, 3.8) is 0 Å². The summed E-state index contributed by atoms with van der Waals surface area (Å²) >= 11 is 9.42. The molecule has 0 heterocycles. The van der Waals surface area contributed by atoms with Crippen molar-refractivity contribution in [3.8, 4) is 28.4 Å². The highest BCUT2D eigenvalue weighted by molar-refractivity contribution is 9.10. The van der Waals surface area contributed by atoms with E-state index >= 15 is 0 Å². The zero-order chi connectivity index (χ0) is 24.6. The number of hydrogen-bond donors (Lipinski definition) is 0. The fourth-order valence-corrected chi connectivity index (χ4v) is 3.93. The molecule has 0 bridgehead atoms. The summed E-state index contributed by atoms with van der Waals surface area (Å²) in [6, 6.07) is 28.5. The maximum Gasteiger partial charge on any atom is 0.336 e. The molecule has 4 aromatic carbocycles. The van der Waals surface area contributed by atoms with Crippen molar-refractivity contribution in [2.24, 2.45) is 0 Å². The van der Waals surface area contributed by atoms with Gasteiger partial charge in [0, 0.05) is 11.1 Å². The lowest BCUT2D eigenvalue weighted by Crippen LogP contribution is -2.04. The fourth-order valence-electron chi connectivity index (χ4n) is 3.35. The number of hydrogen-bond acceptors (Lipinski definition) is 4. The van der Waals surface area contributed by atoms with E-state index in [0.29, 0.717) is 33.4 Å². The third kappa shape index (κ3) is 6.75.